The van der Waals surface area contributed by atoms with Crippen LogP contribution in [0.25, 0.3) is 0 Å². The number of nitrogens with two attached hydrogens (primary N) is 1. The fraction of sp³-hybridized carbons (Fsp3) is 0.300. The van der Waals surface area contributed by atoms with Crippen LogP contribution in [0.2, 0.25) is 0 Å². The number of hydrogen-bond donors (Lipinski definition) is 2. The molecule has 0 aliphatic carbocycles. The molecule has 5 heteroatoms. The average molecular weight is 337 g/mol. The van der Waals surface area contributed by atoms with Crippen molar-refractivity contribution in [3.8, 4) is 0 Å². The zero-order valence-electron chi connectivity index (χ0n) is 14.3. The van der Waals surface area contributed by atoms with Crippen molar-refractivity contribution in [3.05, 3.63) is 65.7 Å². The van der Waals surface area contributed by atoms with Crippen LogP contribution in [-0.4, -0.2) is 24.9 Å². The van der Waals surface area contributed by atoms with Crippen LogP contribution in [0, 0.1) is 12.8 Å². The number of hydrogen-bond acceptors (Lipinski definition) is 3. The Bertz CT molecular complexity index is 743. The maximum atomic E-state index is 12.4. The van der Waals surface area contributed by atoms with Crippen molar-refractivity contribution in [1.82, 2.24) is 5.32 Å². The fourth-order valence-electron chi connectivity index (χ4n) is 3.03. The molecule has 2 amide bonds. The van der Waals surface area contributed by atoms with Crippen molar-refractivity contribution in [1.29, 1.82) is 0 Å². The number of aryl methyl sites for hydroxylation is 1. The van der Waals surface area contributed by atoms with Gasteiger partial charge in [-0.05, 0) is 24.6 Å². The molecule has 0 saturated carbocycles. The van der Waals surface area contributed by atoms with Crippen LogP contribution in [0.3, 0.4) is 0 Å². The number of anilines is 1. The van der Waals surface area contributed by atoms with E-state index in [1.54, 1.807) is 4.90 Å². The Morgan fingerprint density at radius 3 is 2.56 bits per heavy atom. The molecule has 2 atom stereocenters. The molecule has 0 aromatic heterocycles. The fourth-order valence-corrected chi connectivity index (χ4v) is 3.03. The molecule has 1 saturated heterocycles. The van der Waals surface area contributed by atoms with E-state index < -0.39 is 0 Å². The molecule has 25 heavy (non-hydrogen) atoms. The first kappa shape index (κ1) is 17.2. The monoisotopic (exact) mass is 337 g/mol. The minimum atomic E-state index is -0.336. The van der Waals surface area contributed by atoms with Crippen molar-refractivity contribution in [2.75, 3.05) is 18.0 Å². The second kappa shape index (κ2) is 7.49. The van der Waals surface area contributed by atoms with E-state index in [-0.39, 0.29) is 30.2 Å². The highest BCUT2D eigenvalue weighted by molar-refractivity contribution is 6.00. The summed E-state index contributed by atoms with van der Waals surface area (Å²) in [5.74, 6) is -0.470. The third-order valence-electron chi connectivity index (χ3n) is 4.57. The molecule has 2 aromatic carbocycles. The molecule has 0 radical (unpaired) electrons. The molecule has 1 fully saturated rings. The van der Waals surface area contributed by atoms with Crippen molar-refractivity contribution < 1.29 is 9.59 Å². The lowest BCUT2D eigenvalue weighted by atomic mass is 10.1. The summed E-state index contributed by atoms with van der Waals surface area (Å²) in [6, 6.07) is 17.2. The van der Waals surface area contributed by atoms with Gasteiger partial charge in [0, 0.05) is 31.2 Å². The molecule has 1 heterocycles. The first-order valence-corrected chi connectivity index (χ1v) is 8.50. The van der Waals surface area contributed by atoms with Gasteiger partial charge >= 0.3 is 0 Å². The minimum absolute atomic E-state index is 0.0173. The molecule has 0 spiro atoms. The van der Waals surface area contributed by atoms with Crippen LogP contribution >= 0.6 is 0 Å². The summed E-state index contributed by atoms with van der Waals surface area (Å²) >= 11 is 0. The Morgan fingerprint density at radius 1 is 1.20 bits per heavy atom. The number of rotatable bonds is 5. The summed E-state index contributed by atoms with van der Waals surface area (Å²) in [7, 11) is 0. The largest absolute Gasteiger partial charge is 0.354 e. The summed E-state index contributed by atoms with van der Waals surface area (Å²) in [5.41, 5.74) is 9.07. The van der Waals surface area contributed by atoms with Crippen LogP contribution in [0.1, 0.15) is 23.6 Å². The Kier molecular flexibility index (Phi) is 5.14. The second-order valence-corrected chi connectivity index (χ2v) is 6.50. The average Bonchev–Trinajstić information content (AvgIpc) is 3.02. The van der Waals surface area contributed by atoms with Gasteiger partial charge in [-0.1, -0.05) is 48.0 Å². The Hall–Kier alpha value is -2.66. The van der Waals surface area contributed by atoms with Gasteiger partial charge in [-0.3, -0.25) is 9.59 Å². The van der Waals surface area contributed by atoms with Crippen molar-refractivity contribution >= 4 is 17.5 Å². The molecule has 130 valence electrons. The predicted octanol–water partition coefficient (Wildman–Crippen LogP) is 2.16. The van der Waals surface area contributed by atoms with Crippen molar-refractivity contribution in [2.24, 2.45) is 11.7 Å². The molecule has 1 aliphatic heterocycles. The van der Waals surface area contributed by atoms with Gasteiger partial charge in [-0.2, -0.15) is 0 Å². The standard InChI is InChI=1S/C20H23N3O2/c1-14-7-9-17(10-8-14)23-13-16(11-19(23)24)20(25)22-12-18(21)15-5-3-2-4-6-15/h2-10,16,18H,11-13,21H2,1H3,(H,22,25). The van der Waals surface area contributed by atoms with E-state index in [0.717, 1.165) is 16.8 Å². The molecular weight excluding hydrogens is 314 g/mol. The van der Waals surface area contributed by atoms with Crippen molar-refractivity contribution in [2.45, 2.75) is 19.4 Å². The number of benzene rings is 2. The van der Waals surface area contributed by atoms with Crippen LogP contribution in [-0.2, 0) is 9.59 Å². The van der Waals surface area contributed by atoms with E-state index in [1.165, 1.54) is 0 Å². The molecule has 2 unspecified atom stereocenters. The summed E-state index contributed by atoms with van der Waals surface area (Å²) in [4.78, 5) is 26.3. The zero-order chi connectivity index (χ0) is 17.8. The van der Waals surface area contributed by atoms with E-state index in [2.05, 4.69) is 5.32 Å². The lowest BCUT2D eigenvalue weighted by molar-refractivity contribution is -0.126. The van der Waals surface area contributed by atoms with Gasteiger partial charge in [-0.15, -0.1) is 0 Å². The van der Waals surface area contributed by atoms with Gasteiger partial charge in [-0.25, -0.2) is 0 Å². The molecule has 0 bridgehead atoms. The molecule has 1 aliphatic rings. The molecule has 3 N–H and O–H groups in total. The maximum absolute atomic E-state index is 12.4. The summed E-state index contributed by atoms with van der Waals surface area (Å²) in [6.07, 6.45) is 0.236. The SMILES string of the molecule is Cc1ccc(N2CC(C(=O)NCC(N)c3ccccc3)CC2=O)cc1. The topological polar surface area (TPSA) is 75.4 Å². The molecular formula is C20H23N3O2. The Labute approximate surface area is 147 Å². The van der Waals surface area contributed by atoms with Crippen LogP contribution in [0.5, 0.6) is 0 Å². The highest BCUT2D eigenvalue weighted by Crippen LogP contribution is 2.25. The van der Waals surface area contributed by atoms with Gasteiger partial charge < -0.3 is 16.0 Å². The predicted molar refractivity (Wildman–Crippen MR) is 98.0 cm³/mol. The van der Waals surface area contributed by atoms with Crippen molar-refractivity contribution in [3.63, 3.8) is 0 Å². The number of carbonyl (C=O) groups is 2. The second-order valence-electron chi connectivity index (χ2n) is 6.50. The highest BCUT2D eigenvalue weighted by Gasteiger charge is 2.35. The lowest BCUT2D eigenvalue weighted by Crippen LogP contribution is -2.37. The first-order valence-electron chi connectivity index (χ1n) is 8.50. The Morgan fingerprint density at radius 2 is 1.88 bits per heavy atom. The van der Waals surface area contributed by atoms with Gasteiger partial charge in [0.1, 0.15) is 0 Å². The van der Waals surface area contributed by atoms with E-state index in [0.29, 0.717) is 13.1 Å². The Balaban J connectivity index is 1.56. The number of nitrogens with one attached hydrogen (secondary N) is 1. The normalized spacial score (nSPS) is 18.2. The van der Waals surface area contributed by atoms with Crippen LogP contribution < -0.4 is 16.0 Å². The van der Waals surface area contributed by atoms with E-state index in [9.17, 15) is 9.59 Å². The number of nitrogens with zero attached hydrogens (tertiary/aromatic N) is 1. The quantitative estimate of drug-likeness (QED) is 0.878. The number of amides is 2. The van der Waals surface area contributed by atoms with E-state index >= 15 is 0 Å². The van der Waals surface area contributed by atoms with Crippen LogP contribution in [0.15, 0.2) is 54.6 Å². The third-order valence-corrected chi connectivity index (χ3v) is 4.57. The lowest BCUT2D eigenvalue weighted by Gasteiger charge is -2.18. The first-order chi connectivity index (χ1) is 12.0. The van der Waals surface area contributed by atoms with Gasteiger partial charge in [0.05, 0.1) is 5.92 Å². The maximum Gasteiger partial charge on any atom is 0.227 e. The van der Waals surface area contributed by atoms with E-state index in [1.807, 2.05) is 61.5 Å². The van der Waals surface area contributed by atoms with E-state index in [4.69, 9.17) is 5.73 Å². The van der Waals surface area contributed by atoms with Gasteiger partial charge in [0.2, 0.25) is 11.8 Å². The van der Waals surface area contributed by atoms with Gasteiger partial charge in [0.25, 0.3) is 0 Å². The zero-order valence-corrected chi connectivity index (χ0v) is 14.3. The smallest absolute Gasteiger partial charge is 0.227 e. The molecule has 5 nitrogen and oxygen atoms in total. The van der Waals surface area contributed by atoms with Crippen LogP contribution in [0.4, 0.5) is 5.69 Å². The number of carbonyl (C=O) groups excluding carboxylic acids is 2. The molecule has 3 rings (SSSR count). The minimum Gasteiger partial charge on any atom is -0.354 e. The third kappa shape index (κ3) is 4.06. The molecule has 2 aromatic rings. The van der Waals surface area contributed by atoms with Gasteiger partial charge in [0.15, 0.2) is 0 Å². The summed E-state index contributed by atoms with van der Waals surface area (Å²) < 4.78 is 0. The highest BCUT2D eigenvalue weighted by atomic mass is 16.2. The summed E-state index contributed by atoms with van der Waals surface area (Å²) in [6.45, 7) is 2.77. The summed E-state index contributed by atoms with van der Waals surface area (Å²) in [5, 5.41) is 2.88.